The van der Waals surface area contributed by atoms with E-state index < -0.39 is 0 Å². The summed E-state index contributed by atoms with van der Waals surface area (Å²) in [4.78, 5) is 20.4. The van der Waals surface area contributed by atoms with Crippen molar-refractivity contribution in [1.82, 2.24) is 0 Å². The van der Waals surface area contributed by atoms with Gasteiger partial charge in [0, 0.05) is 13.8 Å². The van der Waals surface area contributed by atoms with E-state index in [1.54, 1.807) is 0 Å². The first-order valence-corrected chi connectivity index (χ1v) is 3.86. The summed E-state index contributed by atoms with van der Waals surface area (Å²) in [5.41, 5.74) is 0. The summed E-state index contributed by atoms with van der Waals surface area (Å²) in [6.45, 7) is 2.86. The zero-order valence-electron chi connectivity index (χ0n) is 5.13. The lowest BCUT2D eigenvalue weighted by Crippen LogP contribution is -1.81. The van der Waals surface area contributed by atoms with Crippen molar-refractivity contribution in [3.05, 3.63) is 5.08 Å². The first-order chi connectivity index (χ1) is 4.13. The Morgan fingerprint density at radius 2 is 1.44 bits per heavy atom. The fraction of sp³-hybridized carbons (Fsp3) is 0.400. The molecule has 2 nitrogen and oxygen atoms in total. The fourth-order valence-electron chi connectivity index (χ4n) is 0.138. The van der Waals surface area contributed by atoms with E-state index in [-0.39, 0.29) is 10.2 Å². The first kappa shape index (κ1) is 9.04. The molecule has 0 N–H and O–H groups in total. The Labute approximate surface area is 62.8 Å². The zero-order chi connectivity index (χ0) is 7.28. The molecule has 50 valence electrons. The minimum atomic E-state index is -0.0521. The van der Waals surface area contributed by atoms with Crippen LogP contribution in [-0.2, 0) is 9.59 Å². The quantitative estimate of drug-likeness (QED) is 0.617. The van der Waals surface area contributed by atoms with Crippen molar-refractivity contribution in [1.29, 1.82) is 0 Å². The molecule has 9 heavy (non-hydrogen) atoms. The average molecular weight is 162 g/mol. The van der Waals surface area contributed by atoms with Crippen molar-refractivity contribution < 1.29 is 9.59 Å². The Morgan fingerprint density at radius 3 is 1.67 bits per heavy atom. The Hall–Kier alpha value is 0.0400. The van der Waals surface area contributed by atoms with Gasteiger partial charge in [0.2, 0.25) is 0 Å². The van der Waals surface area contributed by atoms with Crippen molar-refractivity contribution in [2.24, 2.45) is 0 Å². The van der Waals surface area contributed by atoms with Gasteiger partial charge in [-0.25, -0.2) is 0 Å². The number of hydrogen-bond acceptors (Lipinski definition) is 4. The molecule has 0 bridgehead atoms. The maximum atomic E-state index is 10.2. The molecule has 0 aliphatic rings. The molecule has 4 heteroatoms. The van der Waals surface area contributed by atoms with Gasteiger partial charge in [-0.2, -0.15) is 0 Å². The van der Waals surface area contributed by atoms with Gasteiger partial charge in [0.1, 0.15) is 5.08 Å². The molecule has 0 heterocycles. The number of rotatable bonds is 2. The van der Waals surface area contributed by atoms with Crippen LogP contribution in [0.4, 0.5) is 0 Å². The molecule has 0 fully saturated rings. The minimum Gasteiger partial charge on any atom is -0.287 e. The maximum absolute atomic E-state index is 10.2. The van der Waals surface area contributed by atoms with Gasteiger partial charge in [-0.15, -0.1) is 0 Å². The van der Waals surface area contributed by atoms with Gasteiger partial charge in [-0.1, -0.05) is 23.5 Å². The molecule has 0 atom stereocenters. The summed E-state index contributed by atoms with van der Waals surface area (Å²) in [6.07, 6.45) is 0. The van der Waals surface area contributed by atoms with Gasteiger partial charge in [0.25, 0.3) is 0 Å². The molecule has 2 radical (unpaired) electrons. The van der Waals surface area contributed by atoms with Crippen molar-refractivity contribution in [3.8, 4) is 0 Å². The summed E-state index contributed by atoms with van der Waals surface area (Å²) < 4.78 is 0. The monoisotopic (exact) mass is 162 g/mol. The summed E-state index contributed by atoms with van der Waals surface area (Å²) in [5, 5.41) is 2.41. The van der Waals surface area contributed by atoms with E-state index in [1.807, 2.05) is 0 Å². The molecule has 0 amide bonds. The number of carbonyl (C=O) groups excluding carboxylic acids is 2. The molecular weight excluding hydrogens is 156 g/mol. The van der Waals surface area contributed by atoms with Gasteiger partial charge in [-0.05, 0) is 0 Å². The van der Waals surface area contributed by atoms with E-state index >= 15 is 0 Å². The van der Waals surface area contributed by atoms with Crippen molar-refractivity contribution in [2.75, 3.05) is 0 Å². The predicted octanol–water partition coefficient (Wildman–Crippen LogP) is 1.54. The molecule has 0 unspecified atom stereocenters. The van der Waals surface area contributed by atoms with Crippen LogP contribution in [0.5, 0.6) is 0 Å². The van der Waals surface area contributed by atoms with Crippen LogP contribution in [0.25, 0.3) is 0 Å². The van der Waals surface area contributed by atoms with E-state index in [2.05, 4.69) is 5.08 Å². The SMILES string of the molecule is CC(=O)S[C]SC(C)=O. The van der Waals surface area contributed by atoms with Crippen LogP contribution in [0, 0.1) is 5.08 Å². The highest BCUT2D eigenvalue weighted by atomic mass is 32.2. The molecule has 0 aliphatic carbocycles. The summed E-state index contributed by atoms with van der Waals surface area (Å²) in [5.74, 6) is 0. The largest absolute Gasteiger partial charge is 0.287 e. The Bertz CT molecular complexity index is 108. The number of carbonyl (C=O) groups is 2. The smallest absolute Gasteiger partial charge is 0.187 e. The van der Waals surface area contributed by atoms with Crippen LogP contribution < -0.4 is 0 Å². The van der Waals surface area contributed by atoms with Crippen LogP contribution in [0.3, 0.4) is 0 Å². The van der Waals surface area contributed by atoms with Gasteiger partial charge in [0.15, 0.2) is 10.2 Å². The third-order valence-corrected chi connectivity index (χ3v) is 1.61. The fourth-order valence-corrected chi connectivity index (χ4v) is 1.24. The molecule has 0 aromatic carbocycles. The number of hydrogen-bond donors (Lipinski definition) is 0. The Kier molecular flexibility index (Phi) is 4.90. The van der Waals surface area contributed by atoms with Crippen LogP contribution in [-0.4, -0.2) is 10.2 Å². The lowest BCUT2D eigenvalue weighted by molar-refractivity contribution is -0.109. The van der Waals surface area contributed by atoms with E-state index in [0.29, 0.717) is 0 Å². The average Bonchev–Trinajstić information content (AvgIpc) is 1.63. The second-order valence-electron chi connectivity index (χ2n) is 1.27. The topological polar surface area (TPSA) is 34.1 Å². The van der Waals surface area contributed by atoms with Crippen LogP contribution in [0.15, 0.2) is 0 Å². The van der Waals surface area contributed by atoms with Gasteiger partial charge in [0.05, 0.1) is 0 Å². The normalized spacial score (nSPS) is 9.11. The van der Waals surface area contributed by atoms with Gasteiger partial charge < -0.3 is 0 Å². The third kappa shape index (κ3) is 8.04. The maximum Gasteiger partial charge on any atom is 0.187 e. The van der Waals surface area contributed by atoms with Crippen LogP contribution in [0.2, 0.25) is 0 Å². The molecular formula is C5H6O2S2. The second-order valence-corrected chi connectivity index (χ2v) is 3.50. The number of thioether (sulfide) groups is 2. The first-order valence-electron chi connectivity index (χ1n) is 2.22. The molecule has 0 aromatic heterocycles. The predicted molar refractivity (Wildman–Crippen MR) is 39.8 cm³/mol. The van der Waals surface area contributed by atoms with Crippen LogP contribution in [0.1, 0.15) is 13.8 Å². The summed E-state index contributed by atoms with van der Waals surface area (Å²) in [6, 6.07) is 0. The second kappa shape index (κ2) is 4.88. The highest BCUT2D eigenvalue weighted by Crippen LogP contribution is 2.18. The molecule has 0 aliphatic heterocycles. The van der Waals surface area contributed by atoms with E-state index in [0.717, 1.165) is 23.5 Å². The Morgan fingerprint density at radius 1 is 1.11 bits per heavy atom. The molecule has 0 saturated carbocycles. The van der Waals surface area contributed by atoms with Gasteiger partial charge >= 0.3 is 0 Å². The molecule has 0 rings (SSSR count). The molecule has 0 spiro atoms. The Balaban J connectivity index is 3.10. The van der Waals surface area contributed by atoms with Crippen LogP contribution >= 0.6 is 23.5 Å². The third-order valence-electron chi connectivity index (χ3n) is 0.371. The summed E-state index contributed by atoms with van der Waals surface area (Å²) in [7, 11) is 0. The lowest BCUT2D eigenvalue weighted by Gasteiger charge is -1.88. The minimum absolute atomic E-state index is 0.0521. The highest BCUT2D eigenvalue weighted by Gasteiger charge is 1.98. The lowest BCUT2D eigenvalue weighted by atomic mass is 10.9. The van der Waals surface area contributed by atoms with Crippen molar-refractivity contribution >= 4 is 33.8 Å². The summed E-state index contributed by atoms with van der Waals surface area (Å²) >= 11 is 1.83. The van der Waals surface area contributed by atoms with Crippen molar-refractivity contribution in [3.63, 3.8) is 0 Å². The molecule has 0 saturated heterocycles. The highest BCUT2D eigenvalue weighted by molar-refractivity contribution is 8.31. The van der Waals surface area contributed by atoms with Gasteiger partial charge in [-0.3, -0.25) is 9.59 Å². The zero-order valence-corrected chi connectivity index (χ0v) is 6.77. The van der Waals surface area contributed by atoms with Crippen molar-refractivity contribution in [2.45, 2.75) is 13.8 Å². The molecule has 0 aromatic rings. The van der Waals surface area contributed by atoms with E-state index in [4.69, 9.17) is 0 Å². The standard InChI is InChI=1S/C5H6O2S2/c1-4(6)8-3-9-5(2)7/h1-2H3. The van der Waals surface area contributed by atoms with E-state index in [1.165, 1.54) is 13.8 Å². The van der Waals surface area contributed by atoms with E-state index in [9.17, 15) is 9.59 Å².